The molecule has 22 heavy (non-hydrogen) atoms. The molecule has 0 saturated carbocycles. The number of carbonyl (C=O) groups is 1. The summed E-state index contributed by atoms with van der Waals surface area (Å²) in [6.45, 7) is 0. The molecule has 112 valence electrons. The van der Waals surface area contributed by atoms with Crippen LogP contribution in [0.25, 0.3) is 11.6 Å². The number of rotatable bonds is 2. The maximum Gasteiger partial charge on any atom is 0.163 e. The number of allylic oxidation sites excluding steroid dienone is 1. The summed E-state index contributed by atoms with van der Waals surface area (Å²) in [6, 6.07) is 11.0. The smallest absolute Gasteiger partial charge is 0.163 e. The molecule has 4 heteroatoms. The average molecular weight is 333 g/mol. The van der Waals surface area contributed by atoms with Crippen LogP contribution in [0.3, 0.4) is 0 Å². The van der Waals surface area contributed by atoms with Gasteiger partial charge in [-0.05, 0) is 36.3 Å². The zero-order valence-corrected chi connectivity index (χ0v) is 13.5. The zero-order chi connectivity index (χ0) is 15.7. The lowest BCUT2D eigenvalue weighted by molar-refractivity contribution is -0.113. The normalized spacial score (nSPS) is 15.8. The molecule has 2 nitrogen and oxygen atoms in total. The van der Waals surface area contributed by atoms with E-state index in [9.17, 15) is 4.79 Å². The number of hydrogen-bond acceptors (Lipinski definition) is 2. The molecule has 0 N–H and O–H groups in total. The lowest BCUT2D eigenvalue weighted by atomic mass is 9.85. The largest absolute Gasteiger partial charge is 0.496 e. The molecule has 0 spiro atoms. The van der Waals surface area contributed by atoms with Crippen LogP contribution in [0.5, 0.6) is 5.75 Å². The maximum absolute atomic E-state index is 12.4. The molecule has 0 aliphatic heterocycles. The van der Waals surface area contributed by atoms with E-state index in [1.54, 1.807) is 31.4 Å². The van der Waals surface area contributed by atoms with Crippen molar-refractivity contribution >= 4 is 40.6 Å². The first-order valence-electron chi connectivity index (χ1n) is 6.97. The second-order valence-electron chi connectivity index (χ2n) is 5.10. The summed E-state index contributed by atoms with van der Waals surface area (Å²) in [7, 11) is 1.64. The van der Waals surface area contributed by atoms with E-state index >= 15 is 0 Å². The van der Waals surface area contributed by atoms with E-state index in [4.69, 9.17) is 27.9 Å². The summed E-state index contributed by atoms with van der Waals surface area (Å²) in [5.41, 5.74) is 3.26. The number of ketones is 1. The molecule has 0 radical (unpaired) electrons. The van der Waals surface area contributed by atoms with Gasteiger partial charge in [0.2, 0.25) is 0 Å². The molecule has 0 atom stereocenters. The molecule has 0 aromatic heterocycles. The number of hydrogen-bond donors (Lipinski definition) is 0. The van der Waals surface area contributed by atoms with Gasteiger partial charge in [-0.3, -0.25) is 4.79 Å². The van der Waals surface area contributed by atoms with Gasteiger partial charge in [0, 0.05) is 33.2 Å². The topological polar surface area (TPSA) is 26.3 Å². The van der Waals surface area contributed by atoms with E-state index in [2.05, 4.69) is 0 Å². The van der Waals surface area contributed by atoms with Crippen molar-refractivity contribution in [2.24, 2.45) is 0 Å². The molecule has 0 fully saturated rings. The highest BCUT2D eigenvalue weighted by atomic mass is 35.5. The first kappa shape index (κ1) is 15.1. The van der Waals surface area contributed by atoms with Gasteiger partial charge in [-0.2, -0.15) is 0 Å². The zero-order valence-electron chi connectivity index (χ0n) is 12.0. The standard InChI is InChI=1S/C18H14Cl2O2/c1-22-18-7-2-4-11-12(18)8-9-17(21)13(11)10-14-15(19)5-3-6-16(14)20/h2-7,10H,8-9H2,1H3/b13-10+. The molecular formula is C18H14Cl2O2. The van der Waals surface area contributed by atoms with Crippen LogP contribution in [0.2, 0.25) is 10.0 Å². The van der Waals surface area contributed by atoms with E-state index in [1.807, 2.05) is 18.2 Å². The summed E-state index contributed by atoms with van der Waals surface area (Å²) in [4.78, 5) is 12.4. The van der Waals surface area contributed by atoms with Crippen molar-refractivity contribution < 1.29 is 9.53 Å². The Morgan fingerprint density at radius 2 is 1.73 bits per heavy atom. The number of methoxy groups -OCH3 is 1. The summed E-state index contributed by atoms with van der Waals surface area (Å²) < 4.78 is 5.40. The first-order chi connectivity index (χ1) is 10.6. The van der Waals surface area contributed by atoms with Gasteiger partial charge in [0.25, 0.3) is 0 Å². The van der Waals surface area contributed by atoms with Crippen LogP contribution in [0.4, 0.5) is 0 Å². The fourth-order valence-electron chi connectivity index (χ4n) is 2.74. The number of halogens is 2. The van der Waals surface area contributed by atoms with Crippen LogP contribution in [0.1, 0.15) is 23.1 Å². The SMILES string of the molecule is COc1cccc2c1CCC(=O)/C2=C/c1c(Cl)cccc1Cl. The number of carbonyl (C=O) groups excluding carboxylic acids is 1. The third-order valence-electron chi connectivity index (χ3n) is 3.83. The molecule has 0 bridgehead atoms. The van der Waals surface area contributed by atoms with Gasteiger partial charge in [0.05, 0.1) is 7.11 Å². The highest BCUT2D eigenvalue weighted by Crippen LogP contribution is 2.37. The van der Waals surface area contributed by atoms with Crippen molar-refractivity contribution in [3.05, 3.63) is 63.1 Å². The van der Waals surface area contributed by atoms with Gasteiger partial charge in [-0.15, -0.1) is 0 Å². The van der Waals surface area contributed by atoms with Crippen molar-refractivity contribution in [2.75, 3.05) is 7.11 Å². The van der Waals surface area contributed by atoms with Gasteiger partial charge < -0.3 is 4.74 Å². The van der Waals surface area contributed by atoms with Gasteiger partial charge in [-0.25, -0.2) is 0 Å². The summed E-state index contributed by atoms with van der Waals surface area (Å²) in [5.74, 6) is 0.901. The first-order valence-corrected chi connectivity index (χ1v) is 7.72. The predicted molar refractivity (Wildman–Crippen MR) is 90.7 cm³/mol. The van der Waals surface area contributed by atoms with Crippen LogP contribution >= 0.6 is 23.2 Å². The lowest BCUT2D eigenvalue weighted by Crippen LogP contribution is -2.13. The summed E-state index contributed by atoms with van der Waals surface area (Å²) >= 11 is 12.4. The predicted octanol–water partition coefficient (Wildman–Crippen LogP) is 5.06. The molecule has 2 aromatic rings. The molecule has 3 rings (SSSR count). The molecule has 1 aliphatic carbocycles. The Bertz CT molecular complexity index is 758. The van der Waals surface area contributed by atoms with Crippen LogP contribution in [0.15, 0.2) is 36.4 Å². The van der Waals surface area contributed by atoms with Crippen molar-refractivity contribution in [1.29, 1.82) is 0 Å². The van der Waals surface area contributed by atoms with Crippen molar-refractivity contribution in [1.82, 2.24) is 0 Å². The minimum Gasteiger partial charge on any atom is -0.496 e. The molecule has 1 aliphatic rings. The molecule has 2 aromatic carbocycles. The minimum atomic E-state index is 0.0942. The Kier molecular flexibility index (Phi) is 4.23. The number of fused-ring (bicyclic) bond motifs is 1. The molecule has 0 unspecified atom stereocenters. The van der Waals surface area contributed by atoms with E-state index in [0.717, 1.165) is 16.9 Å². The van der Waals surface area contributed by atoms with Crippen LogP contribution in [-0.4, -0.2) is 12.9 Å². The second kappa shape index (κ2) is 6.15. The van der Waals surface area contributed by atoms with Gasteiger partial charge >= 0.3 is 0 Å². The van der Waals surface area contributed by atoms with Crippen molar-refractivity contribution in [2.45, 2.75) is 12.8 Å². The van der Waals surface area contributed by atoms with Crippen LogP contribution < -0.4 is 4.74 Å². The minimum absolute atomic E-state index is 0.0942. The molecule has 0 heterocycles. The van der Waals surface area contributed by atoms with Crippen molar-refractivity contribution in [3.63, 3.8) is 0 Å². The van der Waals surface area contributed by atoms with E-state index in [0.29, 0.717) is 34.0 Å². The number of ether oxygens (including phenoxy) is 1. The van der Waals surface area contributed by atoms with Crippen molar-refractivity contribution in [3.8, 4) is 5.75 Å². The van der Waals surface area contributed by atoms with Crippen LogP contribution in [-0.2, 0) is 11.2 Å². The quantitative estimate of drug-likeness (QED) is 0.718. The molecule has 0 amide bonds. The Hall–Kier alpha value is -1.77. The average Bonchev–Trinajstić information content (AvgIpc) is 2.52. The maximum atomic E-state index is 12.4. The van der Waals surface area contributed by atoms with E-state index < -0.39 is 0 Å². The highest BCUT2D eigenvalue weighted by molar-refractivity contribution is 6.38. The van der Waals surface area contributed by atoms with Gasteiger partial charge in [0.1, 0.15) is 5.75 Å². The molecular weight excluding hydrogens is 319 g/mol. The van der Waals surface area contributed by atoms with Gasteiger partial charge in [-0.1, -0.05) is 41.4 Å². The Morgan fingerprint density at radius 3 is 2.41 bits per heavy atom. The number of Topliss-reactive ketones (excluding diaryl/α,β-unsaturated/α-hetero) is 1. The summed E-state index contributed by atoms with van der Waals surface area (Å²) in [5, 5.41) is 1.06. The number of benzene rings is 2. The Balaban J connectivity index is 2.20. The fourth-order valence-corrected chi connectivity index (χ4v) is 3.25. The van der Waals surface area contributed by atoms with Crippen LogP contribution in [0, 0.1) is 0 Å². The van der Waals surface area contributed by atoms with Gasteiger partial charge in [0.15, 0.2) is 5.78 Å². The Labute approximate surface area is 139 Å². The third kappa shape index (κ3) is 2.65. The second-order valence-corrected chi connectivity index (χ2v) is 5.92. The third-order valence-corrected chi connectivity index (χ3v) is 4.49. The van der Waals surface area contributed by atoms with E-state index in [-0.39, 0.29) is 5.78 Å². The molecule has 0 saturated heterocycles. The fraction of sp³-hybridized carbons (Fsp3) is 0.167. The summed E-state index contributed by atoms with van der Waals surface area (Å²) in [6.07, 6.45) is 2.93. The monoisotopic (exact) mass is 332 g/mol. The van der Waals surface area contributed by atoms with E-state index in [1.165, 1.54) is 0 Å². The highest BCUT2D eigenvalue weighted by Gasteiger charge is 2.24. The Morgan fingerprint density at radius 1 is 1.05 bits per heavy atom. The lowest BCUT2D eigenvalue weighted by Gasteiger charge is -2.20.